The third kappa shape index (κ3) is 3.12. The zero-order valence-corrected chi connectivity index (χ0v) is 7.07. The van der Waals surface area contributed by atoms with E-state index in [9.17, 15) is 10.1 Å². The van der Waals surface area contributed by atoms with Gasteiger partial charge in [0.25, 0.3) is 0 Å². The molecule has 0 aliphatic carbocycles. The van der Waals surface area contributed by atoms with Crippen LogP contribution in [0.25, 0.3) is 0 Å². The van der Waals surface area contributed by atoms with Crippen LogP contribution in [0.4, 0.5) is 0 Å². The fraction of sp³-hybridized carbons (Fsp3) is 1.00. The van der Waals surface area contributed by atoms with E-state index in [4.69, 9.17) is 10.2 Å². The molecule has 0 spiro atoms. The minimum absolute atomic E-state index is 0.0388. The molecule has 0 aromatic heterocycles. The van der Waals surface area contributed by atoms with Crippen molar-refractivity contribution < 1.29 is 15.1 Å². The Balaban J connectivity index is 3.85. The van der Waals surface area contributed by atoms with Gasteiger partial charge in [-0.15, -0.1) is 0 Å². The van der Waals surface area contributed by atoms with Gasteiger partial charge in [-0.2, -0.15) is 0 Å². The Morgan fingerprint density at radius 3 is 2.33 bits per heavy atom. The predicted octanol–water partition coefficient (Wildman–Crippen LogP) is -1.54. The van der Waals surface area contributed by atoms with Crippen LogP contribution in [0.3, 0.4) is 0 Å². The van der Waals surface area contributed by atoms with Crippen molar-refractivity contribution in [2.75, 3.05) is 6.61 Å². The molecule has 0 saturated heterocycles. The summed E-state index contributed by atoms with van der Waals surface area (Å²) in [5.74, 6) is 0. The molecule has 1 atom stereocenters. The van der Waals surface area contributed by atoms with Gasteiger partial charge in [0.1, 0.15) is 0 Å². The summed E-state index contributed by atoms with van der Waals surface area (Å²) in [5.41, 5.74) is 0. The maximum absolute atomic E-state index is 9.89. The van der Waals surface area contributed by atoms with Crippen molar-refractivity contribution in [2.45, 2.75) is 9.40 Å². The second-order valence-electron chi connectivity index (χ2n) is 1.95. The molecule has 2 N–H and O–H groups in total. The van der Waals surface area contributed by atoms with Crippen molar-refractivity contribution in [1.29, 1.82) is 0 Å². The van der Waals surface area contributed by atoms with Gasteiger partial charge in [0.05, 0.1) is 0 Å². The molecule has 5 nitrogen and oxygen atoms in total. The number of aliphatic hydroxyl groups is 2. The van der Waals surface area contributed by atoms with Gasteiger partial charge in [0.15, 0.2) is 0 Å². The second kappa shape index (κ2) is 3.48. The van der Waals surface area contributed by atoms with E-state index in [1.54, 1.807) is 0 Å². The van der Waals surface area contributed by atoms with E-state index < -0.39 is 7.90 Å². The van der Waals surface area contributed by atoms with Crippen LogP contribution in [0.15, 0.2) is 0 Å². The summed E-state index contributed by atoms with van der Waals surface area (Å²) in [7, 11) is 0. The van der Waals surface area contributed by atoms with Crippen molar-refractivity contribution in [3.8, 4) is 0 Å². The Morgan fingerprint density at radius 2 is 2.22 bits per heavy atom. The maximum atomic E-state index is 9.89. The Morgan fingerprint density at radius 1 is 1.78 bits per heavy atom. The van der Waals surface area contributed by atoms with Gasteiger partial charge in [-0.3, -0.25) is 0 Å². The fourth-order valence-electron chi connectivity index (χ4n) is 0.303. The van der Waals surface area contributed by atoms with Crippen molar-refractivity contribution in [3.05, 3.63) is 10.1 Å². The number of rotatable bonds is 3. The van der Waals surface area contributed by atoms with Crippen LogP contribution in [0.5, 0.6) is 0 Å². The minimum atomic E-state index is -1.84. The van der Waals surface area contributed by atoms with Crippen LogP contribution in [0, 0.1) is 10.1 Å². The van der Waals surface area contributed by atoms with Crippen LogP contribution >= 0.6 is 0 Å². The predicted molar refractivity (Wildman–Crippen MR) is 29.4 cm³/mol. The Labute approximate surface area is 69.2 Å². The number of nitrogens with zero attached hydrogens (tertiary/aromatic N) is 1. The summed E-state index contributed by atoms with van der Waals surface area (Å²) in [6, 6.07) is 0. The first kappa shape index (κ1) is 9.32. The van der Waals surface area contributed by atoms with Gasteiger partial charge in [0, 0.05) is 0 Å². The quantitative estimate of drug-likeness (QED) is 0.217. The van der Waals surface area contributed by atoms with E-state index in [1.165, 1.54) is 0 Å². The standard InChI is InChI=1S/C3H6NO4.Na/c5-2-1-3(6)4(7)8;/h5-6H,1-2H2;. The number of nitro groups is 1. The van der Waals surface area contributed by atoms with Gasteiger partial charge in [-0.25, -0.2) is 0 Å². The van der Waals surface area contributed by atoms with Gasteiger partial charge in [0.2, 0.25) is 0 Å². The molecule has 1 unspecified atom stereocenters. The molecule has 0 heterocycles. The van der Waals surface area contributed by atoms with Gasteiger partial charge >= 0.3 is 69.2 Å². The fourth-order valence-corrected chi connectivity index (χ4v) is 0.527. The Hall–Kier alpha value is 0.320. The summed E-state index contributed by atoms with van der Waals surface area (Å²) in [6.45, 7) is -0.346. The van der Waals surface area contributed by atoms with Crippen molar-refractivity contribution in [2.24, 2.45) is 0 Å². The van der Waals surface area contributed by atoms with E-state index in [2.05, 4.69) is 0 Å². The van der Waals surface area contributed by atoms with Crippen molar-refractivity contribution in [3.63, 3.8) is 0 Å². The molecule has 9 heavy (non-hydrogen) atoms. The first-order valence-electron chi connectivity index (χ1n) is 2.48. The van der Waals surface area contributed by atoms with E-state index in [1.807, 2.05) is 0 Å². The summed E-state index contributed by atoms with van der Waals surface area (Å²) in [5, 5.41) is 26.9. The molecule has 48 valence electrons. The average molecular weight is 143 g/mol. The van der Waals surface area contributed by atoms with E-state index >= 15 is 0 Å². The topological polar surface area (TPSA) is 83.6 Å². The molecule has 0 rings (SSSR count). The number of hydrogen-bond donors (Lipinski definition) is 2. The number of aliphatic hydroxyl groups excluding tert-OH is 1. The van der Waals surface area contributed by atoms with Crippen molar-refractivity contribution in [1.82, 2.24) is 0 Å². The Bertz CT molecular complexity index is 114. The average Bonchev–Trinajstić information content (AvgIpc) is 1.65. The third-order valence-corrected chi connectivity index (χ3v) is 1.84. The molecular formula is C3H6NNaO4. The van der Waals surface area contributed by atoms with E-state index in [-0.39, 0.29) is 41.0 Å². The molecule has 0 aliphatic rings. The molecule has 0 aliphatic heterocycles. The summed E-state index contributed by atoms with van der Waals surface area (Å²) in [4.78, 5) is 9.12. The van der Waals surface area contributed by atoms with Crippen molar-refractivity contribution >= 4 is 27.9 Å². The van der Waals surface area contributed by atoms with E-state index in [0.29, 0.717) is 0 Å². The van der Waals surface area contributed by atoms with Gasteiger partial charge in [-0.05, 0) is 0 Å². The first-order chi connectivity index (χ1) is 4.00. The zero-order valence-electron chi connectivity index (χ0n) is 5.07. The van der Waals surface area contributed by atoms with Crippen LogP contribution in [-0.4, -0.2) is 52.6 Å². The van der Waals surface area contributed by atoms with Gasteiger partial charge < -0.3 is 0 Å². The SMILES string of the molecule is O=[N+]([O-])[C](O)([Na])CCO. The summed E-state index contributed by atoms with van der Waals surface area (Å²) < 4.78 is -1.84. The summed E-state index contributed by atoms with van der Waals surface area (Å²) in [6.07, 6.45) is -0.174. The molecule has 6 heteroatoms. The van der Waals surface area contributed by atoms with Crippen LogP contribution in [0.2, 0.25) is 0 Å². The van der Waals surface area contributed by atoms with E-state index in [0.717, 1.165) is 0 Å². The molecule has 0 saturated carbocycles. The molecule has 0 amide bonds. The molecular weight excluding hydrogens is 137 g/mol. The second-order valence-corrected chi connectivity index (χ2v) is 3.55. The van der Waals surface area contributed by atoms with Crippen LogP contribution in [-0.2, 0) is 0 Å². The molecule has 0 aromatic carbocycles. The molecule has 0 aromatic rings. The molecule has 0 radical (unpaired) electrons. The monoisotopic (exact) mass is 143 g/mol. The first-order valence-corrected chi connectivity index (χ1v) is 3.48. The summed E-state index contributed by atoms with van der Waals surface area (Å²) >= 11 is 0.0388. The Kier molecular flexibility index (Phi) is 3.60. The number of hydrogen-bond acceptors (Lipinski definition) is 4. The zero-order chi connectivity index (χ0) is 7.49. The van der Waals surface area contributed by atoms with Crippen LogP contribution < -0.4 is 0 Å². The van der Waals surface area contributed by atoms with Gasteiger partial charge in [-0.1, -0.05) is 0 Å². The molecule has 0 fully saturated rings. The van der Waals surface area contributed by atoms with Crippen LogP contribution in [0.1, 0.15) is 6.42 Å². The normalized spacial score (nSPS) is 16.9. The molecule has 0 bridgehead atoms. The third-order valence-electron chi connectivity index (χ3n) is 0.979.